The summed E-state index contributed by atoms with van der Waals surface area (Å²) in [4.78, 5) is 0. The Morgan fingerprint density at radius 2 is 1.94 bits per heavy atom. The van der Waals surface area contributed by atoms with Gasteiger partial charge < -0.3 is 9.73 Å². The van der Waals surface area contributed by atoms with Crippen molar-refractivity contribution in [3.63, 3.8) is 0 Å². The molecule has 0 aromatic carbocycles. The maximum absolute atomic E-state index is 12.3. The van der Waals surface area contributed by atoms with Gasteiger partial charge in [0.1, 0.15) is 0 Å². The Hall–Kier alpha value is -0.560. The van der Waals surface area contributed by atoms with Crippen molar-refractivity contribution < 1.29 is 12.8 Å². The van der Waals surface area contributed by atoms with Crippen molar-refractivity contribution in [1.82, 2.24) is 9.62 Å². The van der Waals surface area contributed by atoms with Crippen molar-refractivity contribution in [1.29, 1.82) is 0 Å². The third kappa shape index (κ3) is 2.42. The molecular formula is C11H17ClN2O3S. The van der Waals surface area contributed by atoms with Crippen LogP contribution in [-0.2, 0) is 10.0 Å². The number of piperazine rings is 1. The fourth-order valence-electron chi connectivity index (χ4n) is 2.70. The topological polar surface area (TPSA) is 62.6 Å². The molecule has 2 bridgehead atoms. The van der Waals surface area contributed by atoms with Gasteiger partial charge in [-0.2, -0.15) is 4.31 Å². The number of hydrogen-bond acceptors (Lipinski definition) is 4. The molecule has 2 unspecified atom stereocenters. The van der Waals surface area contributed by atoms with E-state index in [0.29, 0.717) is 25.2 Å². The van der Waals surface area contributed by atoms with Crippen LogP contribution in [-0.4, -0.2) is 37.9 Å². The largest absolute Gasteiger partial charge is 0.452 e. The van der Waals surface area contributed by atoms with Crippen LogP contribution in [0.1, 0.15) is 19.3 Å². The number of nitrogens with zero attached hydrogens (tertiary/aromatic N) is 1. The number of halogens is 1. The first kappa shape index (κ1) is 13.9. The lowest BCUT2D eigenvalue weighted by Crippen LogP contribution is -2.59. The second kappa shape index (κ2) is 5.21. The van der Waals surface area contributed by atoms with Gasteiger partial charge in [-0.05, 0) is 25.0 Å². The zero-order chi connectivity index (χ0) is 11.9. The highest BCUT2D eigenvalue weighted by Crippen LogP contribution is 2.24. The maximum atomic E-state index is 12.3. The van der Waals surface area contributed by atoms with Gasteiger partial charge in [-0.25, -0.2) is 8.42 Å². The molecule has 18 heavy (non-hydrogen) atoms. The molecule has 2 fully saturated rings. The zero-order valence-electron chi connectivity index (χ0n) is 9.91. The van der Waals surface area contributed by atoms with Crippen LogP contribution in [0, 0.1) is 0 Å². The van der Waals surface area contributed by atoms with Gasteiger partial charge in [-0.1, -0.05) is 6.42 Å². The number of piperidine rings is 1. The molecular weight excluding hydrogens is 276 g/mol. The average Bonchev–Trinajstić information content (AvgIpc) is 2.82. The highest BCUT2D eigenvalue weighted by Gasteiger charge is 2.37. The van der Waals surface area contributed by atoms with Gasteiger partial charge >= 0.3 is 0 Å². The number of rotatable bonds is 2. The molecule has 3 heterocycles. The minimum Gasteiger partial charge on any atom is -0.452 e. The smallest absolute Gasteiger partial charge is 0.276 e. The van der Waals surface area contributed by atoms with Crippen LogP contribution in [0.5, 0.6) is 0 Å². The lowest BCUT2D eigenvalue weighted by molar-refractivity contribution is 0.188. The average molecular weight is 293 g/mol. The van der Waals surface area contributed by atoms with Crippen LogP contribution in [0.4, 0.5) is 0 Å². The molecule has 1 aromatic rings. The van der Waals surface area contributed by atoms with E-state index in [0.717, 1.165) is 12.8 Å². The van der Waals surface area contributed by atoms with Crippen LogP contribution < -0.4 is 5.32 Å². The van der Waals surface area contributed by atoms with E-state index in [2.05, 4.69) is 5.32 Å². The molecule has 1 aromatic heterocycles. The highest BCUT2D eigenvalue weighted by atomic mass is 35.5. The molecule has 2 saturated heterocycles. The molecule has 2 aliphatic heterocycles. The maximum Gasteiger partial charge on any atom is 0.276 e. The number of hydrogen-bond donors (Lipinski definition) is 1. The van der Waals surface area contributed by atoms with Crippen molar-refractivity contribution in [2.24, 2.45) is 0 Å². The minimum absolute atomic E-state index is 0. The Morgan fingerprint density at radius 1 is 1.28 bits per heavy atom. The Kier molecular flexibility index (Phi) is 4.01. The second-order valence-electron chi connectivity index (χ2n) is 4.75. The summed E-state index contributed by atoms with van der Waals surface area (Å²) in [6, 6.07) is 3.71. The Labute approximate surface area is 113 Å². The number of fused-ring (bicyclic) bond motifs is 2. The van der Waals surface area contributed by atoms with Crippen molar-refractivity contribution in [2.75, 3.05) is 13.1 Å². The molecule has 5 nitrogen and oxygen atoms in total. The van der Waals surface area contributed by atoms with Gasteiger partial charge in [-0.3, -0.25) is 0 Å². The molecule has 0 radical (unpaired) electrons. The standard InChI is InChI=1S/C11H16N2O3S.ClH/c14-17(15,11-5-2-6-16-11)13-7-9-3-1-4-10(8-13)12-9;/h2,5-6,9-10,12H,1,3-4,7-8H2;1H. The molecule has 7 heteroatoms. The van der Waals surface area contributed by atoms with E-state index >= 15 is 0 Å². The summed E-state index contributed by atoms with van der Waals surface area (Å²) in [7, 11) is -3.43. The highest BCUT2D eigenvalue weighted by molar-refractivity contribution is 7.89. The first-order chi connectivity index (χ1) is 8.16. The van der Waals surface area contributed by atoms with Gasteiger partial charge in [0.25, 0.3) is 10.0 Å². The van der Waals surface area contributed by atoms with Crippen LogP contribution in [0.25, 0.3) is 0 Å². The van der Waals surface area contributed by atoms with E-state index in [1.807, 2.05) is 0 Å². The van der Waals surface area contributed by atoms with Gasteiger partial charge in [-0.15, -0.1) is 12.4 Å². The quantitative estimate of drug-likeness (QED) is 0.890. The van der Waals surface area contributed by atoms with E-state index in [1.54, 1.807) is 10.4 Å². The summed E-state index contributed by atoms with van der Waals surface area (Å²) in [5.74, 6) is 0. The van der Waals surface area contributed by atoms with Gasteiger partial charge in [0.2, 0.25) is 5.09 Å². The van der Waals surface area contributed by atoms with Crippen molar-refractivity contribution in [3.05, 3.63) is 18.4 Å². The summed E-state index contributed by atoms with van der Waals surface area (Å²) in [6.07, 6.45) is 4.70. The SMILES string of the molecule is Cl.O=S(=O)(c1ccco1)N1CC2CCCC(C1)N2. The van der Waals surface area contributed by atoms with E-state index in [4.69, 9.17) is 4.42 Å². The summed E-state index contributed by atoms with van der Waals surface area (Å²) in [5.41, 5.74) is 0. The molecule has 0 aliphatic carbocycles. The zero-order valence-corrected chi connectivity index (χ0v) is 11.5. The summed E-state index contributed by atoms with van der Waals surface area (Å²) >= 11 is 0. The summed E-state index contributed by atoms with van der Waals surface area (Å²) in [6.45, 7) is 1.11. The number of nitrogens with one attached hydrogen (secondary N) is 1. The third-order valence-corrected chi connectivity index (χ3v) is 5.23. The van der Waals surface area contributed by atoms with Gasteiger partial charge in [0, 0.05) is 25.2 Å². The molecule has 2 atom stereocenters. The molecule has 2 aliphatic rings. The molecule has 102 valence electrons. The fraction of sp³-hybridized carbons (Fsp3) is 0.636. The van der Waals surface area contributed by atoms with E-state index in [-0.39, 0.29) is 17.5 Å². The molecule has 0 spiro atoms. The van der Waals surface area contributed by atoms with Gasteiger partial charge in [0.15, 0.2) is 0 Å². The Balaban J connectivity index is 0.00000120. The summed E-state index contributed by atoms with van der Waals surface area (Å²) < 4.78 is 31.1. The second-order valence-corrected chi connectivity index (χ2v) is 6.61. The van der Waals surface area contributed by atoms with Crippen LogP contribution in [0.2, 0.25) is 0 Å². The predicted octanol–water partition coefficient (Wildman–Crippen LogP) is 1.22. The normalized spacial score (nSPS) is 28.7. The van der Waals surface area contributed by atoms with Crippen LogP contribution >= 0.6 is 12.4 Å². The number of sulfonamides is 1. The molecule has 0 amide bonds. The Morgan fingerprint density at radius 3 is 2.50 bits per heavy atom. The molecule has 1 N–H and O–H groups in total. The predicted molar refractivity (Wildman–Crippen MR) is 69.3 cm³/mol. The minimum atomic E-state index is -3.43. The van der Waals surface area contributed by atoms with E-state index < -0.39 is 10.0 Å². The Bertz CT molecular complexity index is 476. The first-order valence-electron chi connectivity index (χ1n) is 5.96. The van der Waals surface area contributed by atoms with Crippen molar-refractivity contribution >= 4 is 22.4 Å². The third-order valence-electron chi connectivity index (χ3n) is 3.51. The van der Waals surface area contributed by atoms with Crippen molar-refractivity contribution in [2.45, 2.75) is 36.4 Å². The van der Waals surface area contributed by atoms with Crippen LogP contribution in [0.3, 0.4) is 0 Å². The monoisotopic (exact) mass is 292 g/mol. The lowest BCUT2D eigenvalue weighted by atomic mass is 9.96. The lowest BCUT2D eigenvalue weighted by Gasteiger charge is -2.41. The van der Waals surface area contributed by atoms with E-state index in [1.165, 1.54) is 18.8 Å². The van der Waals surface area contributed by atoms with E-state index in [9.17, 15) is 8.42 Å². The molecule has 3 rings (SSSR count). The first-order valence-corrected chi connectivity index (χ1v) is 7.40. The van der Waals surface area contributed by atoms with Crippen molar-refractivity contribution in [3.8, 4) is 0 Å². The summed E-state index contributed by atoms with van der Waals surface area (Å²) in [5, 5.41) is 3.52. The number of furan rings is 1. The van der Waals surface area contributed by atoms with Gasteiger partial charge in [0.05, 0.1) is 6.26 Å². The van der Waals surface area contributed by atoms with Crippen LogP contribution in [0.15, 0.2) is 27.9 Å². The fourth-order valence-corrected chi connectivity index (χ4v) is 4.13. The molecule has 0 saturated carbocycles.